The summed E-state index contributed by atoms with van der Waals surface area (Å²) in [5.74, 6) is -0.214. The minimum absolute atomic E-state index is 0.178. The lowest BCUT2D eigenvalue weighted by atomic mass is 9.71. The van der Waals surface area contributed by atoms with Crippen LogP contribution in [0.4, 0.5) is 0 Å². The Morgan fingerprint density at radius 1 is 1.13 bits per heavy atom. The molecule has 0 unspecified atom stereocenters. The molecule has 1 N–H and O–H groups in total. The lowest BCUT2D eigenvalue weighted by Crippen LogP contribution is -2.42. The highest BCUT2D eigenvalue weighted by Gasteiger charge is 2.46. The van der Waals surface area contributed by atoms with Gasteiger partial charge in [0.2, 0.25) is 5.91 Å². The van der Waals surface area contributed by atoms with Crippen molar-refractivity contribution in [1.29, 1.82) is 0 Å². The van der Waals surface area contributed by atoms with Crippen LogP contribution in [0.5, 0.6) is 0 Å². The average Bonchev–Trinajstić information content (AvgIpc) is 2.63. The van der Waals surface area contributed by atoms with Crippen molar-refractivity contribution in [3.8, 4) is 0 Å². The van der Waals surface area contributed by atoms with Crippen LogP contribution in [0.3, 0.4) is 0 Å². The van der Waals surface area contributed by atoms with Crippen LogP contribution in [0, 0.1) is 5.41 Å². The third-order valence-electron chi connectivity index (χ3n) is 4.01. The molecular formula is C11H19NO3. The van der Waals surface area contributed by atoms with Crippen molar-refractivity contribution in [2.45, 2.75) is 37.9 Å². The lowest BCUT2D eigenvalue weighted by molar-refractivity contribution is -0.233. The first-order valence-electron chi connectivity index (χ1n) is 5.51. The molecule has 0 bridgehead atoms. The summed E-state index contributed by atoms with van der Waals surface area (Å²) in [6.45, 7) is 0.829. The van der Waals surface area contributed by atoms with E-state index in [-0.39, 0.29) is 11.3 Å². The SMILES string of the molecule is COC1(OC)CCC2(CC1)CNC(=O)C2. The Kier molecular flexibility index (Phi) is 2.73. The monoisotopic (exact) mass is 213 g/mol. The Morgan fingerprint density at radius 2 is 1.73 bits per heavy atom. The van der Waals surface area contributed by atoms with E-state index in [2.05, 4.69) is 5.32 Å². The van der Waals surface area contributed by atoms with Crippen LogP contribution < -0.4 is 5.32 Å². The van der Waals surface area contributed by atoms with Gasteiger partial charge in [-0.25, -0.2) is 0 Å². The summed E-state index contributed by atoms with van der Waals surface area (Å²) in [5, 5.41) is 2.92. The zero-order chi connectivity index (χ0) is 10.9. The first-order valence-corrected chi connectivity index (χ1v) is 5.51. The van der Waals surface area contributed by atoms with Crippen LogP contribution in [0.1, 0.15) is 32.1 Å². The molecule has 86 valence electrons. The quantitative estimate of drug-likeness (QED) is 0.698. The number of ether oxygens (including phenoxy) is 2. The van der Waals surface area contributed by atoms with E-state index in [0.717, 1.165) is 32.2 Å². The number of hydrogen-bond acceptors (Lipinski definition) is 3. The highest BCUT2D eigenvalue weighted by Crippen LogP contribution is 2.46. The molecule has 1 saturated carbocycles. The molecular weight excluding hydrogens is 194 g/mol. The zero-order valence-corrected chi connectivity index (χ0v) is 9.47. The number of carbonyl (C=O) groups excluding carboxylic acids is 1. The highest BCUT2D eigenvalue weighted by molar-refractivity contribution is 5.79. The fourth-order valence-electron chi connectivity index (χ4n) is 2.76. The predicted molar refractivity (Wildman–Crippen MR) is 55.3 cm³/mol. The Morgan fingerprint density at radius 3 is 2.13 bits per heavy atom. The van der Waals surface area contributed by atoms with Gasteiger partial charge in [-0.2, -0.15) is 0 Å². The molecule has 0 atom stereocenters. The van der Waals surface area contributed by atoms with E-state index in [1.54, 1.807) is 14.2 Å². The maximum Gasteiger partial charge on any atom is 0.220 e. The molecule has 1 aliphatic heterocycles. The van der Waals surface area contributed by atoms with Gasteiger partial charge in [0, 0.05) is 40.0 Å². The van der Waals surface area contributed by atoms with Gasteiger partial charge in [0.05, 0.1) is 0 Å². The number of carbonyl (C=O) groups is 1. The maximum absolute atomic E-state index is 11.2. The summed E-state index contributed by atoms with van der Waals surface area (Å²) in [6, 6.07) is 0. The Labute approximate surface area is 90.3 Å². The summed E-state index contributed by atoms with van der Waals surface area (Å²) in [7, 11) is 3.39. The van der Waals surface area contributed by atoms with Gasteiger partial charge in [0.15, 0.2) is 5.79 Å². The van der Waals surface area contributed by atoms with Crippen LogP contribution in [0.2, 0.25) is 0 Å². The van der Waals surface area contributed by atoms with Gasteiger partial charge in [-0.05, 0) is 18.3 Å². The molecule has 1 spiro atoms. The molecule has 0 aromatic rings. The number of hydrogen-bond donors (Lipinski definition) is 1. The standard InChI is InChI=1S/C11H19NO3/c1-14-11(15-2)5-3-10(4-6-11)7-9(13)12-8-10/h3-8H2,1-2H3,(H,12,13). The van der Waals surface area contributed by atoms with Gasteiger partial charge in [-0.15, -0.1) is 0 Å². The van der Waals surface area contributed by atoms with E-state index in [4.69, 9.17) is 9.47 Å². The molecule has 0 aromatic heterocycles. The van der Waals surface area contributed by atoms with Crippen LogP contribution in [0.15, 0.2) is 0 Å². The fourth-order valence-corrected chi connectivity index (χ4v) is 2.76. The largest absolute Gasteiger partial charge is 0.356 e. The number of nitrogens with one attached hydrogen (secondary N) is 1. The average molecular weight is 213 g/mol. The summed E-state index contributed by atoms with van der Waals surface area (Å²) in [4.78, 5) is 11.2. The highest BCUT2D eigenvalue weighted by atomic mass is 16.7. The van der Waals surface area contributed by atoms with Gasteiger partial charge in [0.25, 0.3) is 0 Å². The van der Waals surface area contributed by atoms with Crippen LogP contribution in [0.25, 0.3) is 0 Å². The Bertz CT molecular complexity index is 251. The van der Waals surface area contributed by atoms with E-state index in [0.29, 0.717) is 6.42 Å². The van der Waals surface area contributed by atoms with Crippen LogP contribution in [-0.2, 0) is 14.3 Å². The number of rotatable bonds is 2. The molecule has 4 heteroatoms. The van der Waals surface area contributed by atoms with Gasteiger partial charge in [0.1, 0.15) is 0 Å². The normalized spacial score (nSPS) is 28.0. The van der Waals surface area contributed by atoms with Crippen molar-refractivity contribution in [3.63, 3.8) is 0 Å². The Hall–Kier alpha value is -0.610. The van der Waals surface area contributed by atoms with Gasteiger partial charge in [-0.3, -0.25) is 4.79 Å². The predicted octanol–water partition coefficient (Wildman–Crippen LogP) is 1.06. The Balaban J connectivity index is 1.99. The van der Waals surface area contributed by atoms with E-state index in [1.165, 1.54) is 0 Å². The van der Waals surface area contributed by atoms with E-state index >= 15 is 0 Å². The van der Waals surface area contributed by atoms with E-state index in [1.807, 2.05) is 0 Å². The first kappa shape index (κ1) is 10.9. The summed E-state index contributed by atoms with van der Waals surface area (Å²) in [5.41, 5.74) is 0.178. The molecule has 15 heavy (non-hydrogen) atoms. The second-order valence-electron chi connectivity index (χ2n) is 4.77. The van der Waals surface area contributed by atoms with Crippen molar-refractivity contribution in [1.82, 2.24) is 5.32 Å². The molecule has 4 nitrogen and oxygen atoms in total. The first-order chi connectivity index (χ1) is 7.14. The lowest BCUT2D eigenvalue weighted by Gasteiger charge is -2.42. The van der Waals surface area contributed by atoms with Crippen LogP contribution >= 0.6 is 0 Å². The van der Waals surface area contributed by atoms with Gasteiger partial charge < -0.3 is 14.8 Å². The van der Waals surface area contributed by atoms with Crippen molar-refractivity contribution in [2.24, 2.45) is 5.41 Å². The minimum atomic E-state index is -0.406. The van der Waals surface area contributed by atoms with Crippen molar-refractivity contribution in [3.05, 3.63) is 0 Å². The second-order valence-corrected chi connectivity index (χ2v) is 4.77. The van der Waals surface area contributed by atoms with Crippen molar-refractivity contribution < 1.29 is 14.3 Å². The maximum atomic E-state index is 11.2. The topological polar surface area (TPSA) is 47.6 Å². The van der Waals surface area contributed by atoms with Crippen molar-refractivity contribution >= 4 is 5.91 Å². The molecule has 1 aliphatic carbocycles. The zero-order valence-electron chi connectivity index (χ0n) is 9.47. The molecule has 1 heterocycles. The number of methoxy groups -OCH3 is 2. The van der Waals surface area contributed by atoms with Crippen LogP contribution in [-0.4, -0.2) is 32.5 Å². The molecule has 1 amide bonds. The summed E-state index contributed by atoms with van der Waals surface area (Å²) < 4.78 is 10.9. The molecule has 2 fully saturated rings. The number of amides is 1. The van der Waals surface area contributed by atoms with Gasteiger partial charge >= 0.3 is 0 Å². The minimum Gasteiger partial charge on any atom is -0.356 e. The van der Waals surface area contributed by atoms with Gasteiger partial charge in [-0.1, -0.05) is 0 Å². The van der Waals surface area contributed by atoms with Crippen molar-refractivity contribution in [2.75, 3.05) is 20.8 Å². The molecule has 2 rings (SSSR count). The van der Waals surface area contributed by atoms with E-state index < -0.39 is 5.79 Å². The molecule has 2 aliphatic rings. The molecule has 0 radical (unpaired) electrons. The third kappa shape index (κ3) is 1.88. The second kappa shape index (κ2) is 3.76. The smallest absolute Gasteiger partial charge is 0.220 e. The van der Waals surface area contributed by atoms with E-state index in [9.17, 15) is 4.79 Å². The summed E-state index contributed by atoms with van der Waals surface area (Å²) in [6.07, 6.45) is 4.46. The summed E-state index contributed by atoms with van der Waals surface area (Å²) >= 11 is 0. The fraction of sp³-hybridized carbons (Fsp3) is 0.909. The molecule has 1 saturated heterocycles. The molecule has 0 aromatic carbocycles. The third-order valence-corrected chi connectivity index (χ3v) is 4.01.